The highest BCUT2D eigenvalue weighted by Gasteiger charge is 2.24. The number of unbranched alkanes of at least 4 members (excludes halogenated alkanes) is 1. The van der Waals surface area contributed by atoms with Crippen molar-refractivity contribution in [3.63, 3.8) is 0 Å². The second kappa shape index (κ2) is 7.09. The molecule has 2 unspecified atom stereocenters. The Morgan fingerprint density at radius 3 is 2.69 bits per heavy atom. The van der Waals surface area contributed by atoms with Gasteiger partial charge in [-0.25, -0.2) is 5.43 Å². The zero-order valence-corrected chi connectivity index (χ0v) is 11.6. The van der Waals surface area contributed by atoms with Gasteiger partial charge in [0.1, 0.15) is 5.76 Å². The van der Waals surface area contributed by atoms with Crippen molar-refractivity contribution in [1.29, 1.82) is 0 Å². The molecule has 92 valence electrons. The van der Waals surface area contributed by atoms with Crippen molar-refractivity contribution in [2.24, 2.45) is 11.8 Å². The van der Waals surface area contributed by atoms with Gasteiger partial charge < -0.3 is 4.42 Å². The van der Waals surface area contributed by atoms with Crippen LogP contribution in [-0.2, 0) is 0 Å². The van der Waals surface area contributed by atoms with Gasteiger partial charge in [0.15, 0.2) is 0 Å². The van der Waals surface area contributed by atoms with Gasteiger partial charge in [0.05, 0.1) is 16.8 Å². The lowest BCUT2D eigenvalue weighted by Crippen LogP contribution is -2.33. The van der Waals surface area contributed by atoms with Crippen LogP contribution in [0.3, 0.4) is 0 Å². The molecule has 16 heavy (non-hydrogen) atoms. The van der Waals surface area contributed by atoms with Crippen molar-refractivity contribution in [3.05, 3.63) is 22.6 Å². The predicted molar refractivity (Wildman–Crippen MR) is 69.8 cm³/mol. The molecule has 1 rings (SSSR count). The van der Waals surface area contributed by atoms with Crippen molar-refractivity contribution >= 4 is 15.9 Å². The van der Waals surface area contributed by atoms with Crippen LogP contribution in [0.5, 0.6) is 0 Å². The third kappa shape index (κ3) is 3.34. The molecule has 1 aromatic heterocycles. The minimum Gasteiger partial charge on any atom is -0.466 e. The van der Waals surface area contributed by atoms with E-state index < -0.39 is 0 Å². The van der Waals surface area contributed by atoms with Gasteiger partial charge in [-0.05, 0) is 34.3 Å². The third-order valence-electron chi connectivity index (χ3n) is 3.03. The summed E-state index contributed by atoms with van der Waals surface area (Å²) in [5.41, 5.74) is 2.88. The Kier molecular flexibility index (Phi) is 6.09. The molecule has 3 nitrogen and oxygen atoms in total. The number of furan rings is 1. The molecule has 0 spiro atoms. The lowest BCUT2D eigenvalue weighted by molar-refractivity contribution is 0.283. The largest absolute Gasteiger partial charge is 0.466 e. The predicted octanol–water partition coefficient (Wildman–Crippen LogP) is 3.76. The van der Waals surface area contributed by atoms with Gasteiger partial charge in [-0.1, -0.05) is 33.1 Å². The molecule has 1 heterocycles. The van der Waals surface area contributed by atoms with Crippen molar-refractivity contribution in [2.75, 3.05) is 0 Å². The summed E-state index contributed by atoms with van der Waals surface area (Å²) < 4.78 is 6.48. The molecule has 2 atom stereocenters. The standard InChI is InChI=1S/C12H21BrN2O/c1-3-5-6-9(4-2)11(15-14)12-10(13)7-8-16-12/h7-9,11,15H,3-6,14H2,1-2H3. The molecule has 0 saturated heterocycles. The van der Waals surface area contributed by atoms with E-state index in [2.05, 4.69) is 35.2 Å². The molecule has 0 saturated carbocycles. The second-order valence-corrected chi connectivity index (χ2v) is 4.94. The minimum absolute atomic E-state index is 0.0981. The lowest BCUT2D eigenvalue weighted by Gasteiger charge is -2.24. The van der Waals surface area contributed by atoms with Gasteiger partial charge in [0.2, 0.25) is 0 Å². The van der Waals surface area contributed by atoms with Crippen LogP contribution in [0.4, 0.5) is 0 Å². The van der Waals surface area contributed by atoms with Gasteiger partial charge >= 0.3 is 0 Å². The fourth-order valence-corrected chi connectivity index (χ4v) is 2.47. The number of halogens is 1. The SMILES string of the molecule is CCCCC(CC)C(NN)c1occc1Br. The number of nitrogens with two attached hydrogens (primary N) is 1. The van der Waals surface area contributed by atoms with Gasteiger partial charge in [0.25, 0.3) is 0 Å². The summed E-state index contributed by atoms with van der Waals surface area (Å²) in [6.45, 7) is 4.40. The van der Waals surface area contributed by atoms with E-state index in [4.69, 9.17) is 10.3 Å². The number of nitrogens with one attached hydrogen (secondary N) is 1. The van der Waals surface area contributed by atoms with E-state index in [-0.39, 0.29) is 6.04 Å². The summed E-state index contributed by atoms with van der Waals surface area (Å²) in [4.78, 5) is 0. The van der Waals surface area contributed by atoms with Crippen LogP contribution >= 0.6 is 15.9 Å². The summed E-state index contributed by atoms with van der Waals surface area (Å²) in [6.07, 6.45) is 6.41. The zero-order valence-electron chi connectivity index (χ0n) is 10.0. The van der Waals surface area contributed by atoms with Gasteiger partial charge in [0, 0.05) is 0 Å². The summed E-state index contributed by atoms with van der Waals surface area (Å²) in [6, 6.07) is 2.01. The Labute approximate surface area is 106 Å². The van der Waals surface area contributed by atoms with Crippen molar-refractivity contribution in [3.8, 4) is 0 Å². The Balaban J connectivity index is 2.75. The number of hydrazine groups is 1. The lowest BCUT2D eigenvalue weighted by atomic mass is 9.90. The molecule has 4 heteroatoms. The van der Waals surface area contributed by atoms with Crippen LogP contribution in [0.2, 0.25) is 0 Å². The fraction of sp³-hybridized carbons (Fsp3) is 0.667. The summed E-state index contributed by atoms with van der Waals surface area (Å²) >= 11 is 3.48. The average molecular weight is 289 g/mol. The molecule has 1 aromatic rings. The van der Waals surface area contributed by atoms with E-state index in [1.165, 1.54) is 19.3 Å². The topological polar surface area (TPSA) is 51.2 Å². The molecule has 0 amide bonds. The van der Waals surface area contributed by atoms with Crippen LogP contribution in [0.1, 0.15) is 51.3 Å². The van der Waals surface area contributed by atoms with Crippen LogP contribution in [-0.4, -0.2) is 0 Å². The second-order valence-electron chi connectivity index (χ2n) is 4.09. The first-order valence-electron chi connectivity index (χ1n) is 5.93. The summed E-state index contributed by atoms with van der Waals surface area (Å²) in [5, 5.41) is 0. The Bertz CT molecular complexity index is 301. The van der Waals surface area contributed by atoms with Crippen LogP contribution < -0.4 is 11.3 Å². The van der Waals surface area contributed by atoms with E-state index in [0.29, 0.717) is 5.92 Å². The molecule has 0 aromatic carbocycles. The molecule has 0 aliphatic carbocycles. The molecular weight excluding hydrogens is 268 g/mol. The molecule has 0 bridgehead atoms. The van der Waals surface area contributed by atoms with Gasteiger partial charge in [-0.15, -0.1) is 0 Å². The number of hydrogen-bond acceptors (Lipinski definition) is 3. The van der Waals surface area contributed by atoms with Crippen LogP contribution in [0.15, 0.2) is 21.2 Å². The first-order chi connectivity index (χ1) is 7.74. The molecule has 3 N–H and O–H groups in total. The average Bonchev–Trinajstić information content (AvgIpc) is 2.71. The van der Waals surface area contributed by atoms with Crippen molar-refractivity contribution in [1.82, 2.24) is 5.43 Å². The highest BCUT2D eigenvalue weighted by Crippen LogP contribution is 2.33. The fourth-order valence-electron chi connectivity index (χ4n) is 2.03. The first-order valence-corrected chi connectivity index (χ1v) is 6.72. The van der Waals surface area contributed by atoms with E-state index in [0.717, 1.165) is 16.7 Å². The number of hydrogen-bond donors (Lipinski definition) is 2. The highest BCUT2D eigenvalue weighted by atomic mass is 79.9. The van der Waals surface area contributed by atoms with Crippen LogP contribution in [0, 0.1) is 5.92 Å². The Hall–Kier alpha value is -0.320. The van der Waals surface area contributed by atoms with Crippen molar-refractivity contribution in [2.45, 2.75) is 45.6 Å². The van der Waals surface area contributed by atoms with Gasteiger partial charge in [-0.2, -0.15) is 0 Å². The van der Waals surface area contributed by atoms with Crippen molar-refractivity contribution < 1.29 is 4.42 Å². The molecule has 0 fully saturated rings. The smallest absolute Gasteiger partial charge is 0.136 e. The highest BCUT2D eigenvalue weighted by molar-refractivity contribution is 9.10. The monoisotopic (exact) mass is 288 g/mol. The normalized spacial score (nSPS) is 15.0. The van der Waals surface area contributed by atoms with Gasteiger partial charge in [-0.3, -0.25) is 5.84 Å². The quantitative estimate of drug-likeness (QED) is 0.593. The Morgan fingerprint density at radius 1 is 1.50 bits per heavy atom. The molecule has 0 radical (unpaired) electrons. The molecular formula is C12H21BrN2O. The van der Waals surface area contributed by atoms with Crippen LogP contribution in [0.25, 0.3) is 0 Å². The Morgan fingerprint density at radius 2 is 2.25 bits per heavy atom. The van der Waals surface area contributed by atoms with E-state index in [9.17, 15) is 0 Å². The maximum atomic E-state index is 5.65. The zero-order chi connectivity index (χ0) is 12.0. The molecule has 0 aliphatic rings. The maximum Gasteiger partial charge on any atom is 0.136 e. The van der Waals surface area contributed by atoms with E-state index >= 15 is 0 Å². The summed E-state index contributed by atoms with van der Waals surface area (Å²) in [5.74, 6) is 7.08. The van der Waals surface area contributed by atoms with E-state index in [1.54, 1.807) is 6.26 Å². The first kappa shape index (κ1) is 13.7. The maximum absolute atomic E-state index is 5.65. The number of rotatable bonds is 7. The third-order valence-corrected chi connectivity index (χ3v) is 3.69. The summed E-state index contributed by atoms with van der Waals surface area (Å²) in [7, 11) is 0. The minimum atomic E-state index is 0.0981. The van der Waals surface area contributed by atoms with E-state index in [1.807, 2.05) is 6.07 Å². The molecule has 0 aliphatic heterocycles.